The Morgan fingerprint density at radius 3 is 2.33 bits per heavy atom. The fraction of sp³-hybridized carbons (Fsp3) is 0.556. The van der Waals surface area contributed by atoms with Gasteiger partial charge < -0.3 is 18.8 Å². The molecule has 2 aromatic heterocycles. The lowest BCUT2D eigenvalue weighted by atomic mass is 10.1. The predicted octanol–water partition coefficient (Wildman–Crippen LogP) is 4.91. The molecule has 1 saturated heterocycles. The summed E-state index contributed by atoms with van der Waals surface area (Å²) in [6.45, 7) is 13.5. The average Bonchev–Trinajstić information content (AvgIpc) is 3.26. The van der Waals surface area contributed by atoms with Gasteiger partial charge in [-0.25, -0.2) is 18.4 Å². The van der Waals surface area contributed by atoms with Gasteiger partial charge in [0.15, 0.2) is 27.3 Å². The van der Waals surface area contributed by atoms with E-state index < -0.39 is 27.0 Å². The molecular formula is C27H36BrN5O5S. The SMILES string of the molecule is Cc1cnc([C@H](OC(C)C)[C@H](C)S(=O)(=O)Cc2nnc(-c3cc(C)ccc3Br)n2C2COC(C)(C)OC2)nc1. The first-order valence-corrected chi connectivity index (χ1v) is 15.4. The zero-order valence-electron chi connectivity index (χ0n) is 23.4. The van der Waals surface area contributed by atoms with Crippen LogP contribution in [0, 0.1) is 13.8 Å². The third-order valence-electron chi connectivity index (χ3n) is 6.54. The van der Waals surface area contributed by atoms with Gasteiger partial charge in [0.2, 0.25) is 0 Å². The molecule has 1 aliphatic rings. The molecular weight excluding hydrogens is 586 g/mol. The first-order valence-electron chi connectivity index (χ1n) is 12.9. The molecule has 0 radical (unpaired) electrons. The number of ether oxygens (including phenoxy) is 3. The molecule has 0 bridgehead atoms. The monoisotopic (exact) mass is 621 g/mol. The standard InChI is InChI=1S/C27H36BrN5O5S/c1-16(2)38-24(25-29-11-18(4)12-30-25)19(5)39(34,35)15-23-31-32-26(21-10-17(3)8-9-22(21)28)33(23)20-13-36-27(6,7)37-14-20/h8-12,16,19-20,24H,13-15H2,1-7H3/t19-,24+/m0/s1. The number of aromatic nitrogens is 5. The summed E-state index contributed by atoms with van der Waals surface area (Å²) in [6, 6.07) is 5.59. The number of benzene rings is 1. The van der Waals surface area contributed by atoms with Crippen LogP contribution >= 0.6 is 15.9 Å². The van der Waals surface area contributed by atoms with Crippen LogP contribution in [-0.2, 0) is 29.8 Å². The Hall–Kier alpha value is -2.25. The van der Waals surface area contributed by atoms with Gasteiger partial charge in [-0.2, -0.15) is 0 Å². The van der Waals surface area contributed by atoms with Crippen molar-refractivity contribution in [2.24, 2.45) is 0 Å². The molecule has 3 aromatic rings. The molecule has 0 amide bonds. The van der Waals surface area contributed by atoms with Crippen molar-refractivity contribution in [1.29, 1.82) is 0 Å². The Labute approximate surface area is 238 Å². The summed E-state index contributed by atoms with van der Waals surface area (Å²) in [5.74, 6) is 0.0824. The summed E-state index contributed by atoms with van der Waals surface area (Å²) < 4.78 is 48.3. The molecule has 0 unspecified atom stereocenters. The van der Waals surface area contributed by atoms with Crippen molar-refractivity contribution in [3.8, 4) is 11.4 Å². The van der Waals surface area contributed by atoms with E-state index in [0.717, 1.165) is 21.2 Å². The van der Waals surface area contributed by atoms with Gasteiger partial charge in [-0.05, 0) is 66.2 Å². The third kappa shape index (κ3) is 6.91. The van der Waals surface area contributed by atoms with Crippen LogP contribution in [0.5, 0.6) is 0 Å². The molecule has 0 aliphatic carbocycles. The zero-order valence-corrected chi connectivity index (χ0v) is 25.8. The summed E-state index contributed by atoms with van der Waals surface area (Å²) >= 11 is 3.62. The van der Waals surface area contributed by atoms with Gasteiger partial charge in [-0.3, -0.25) is 0 Å². The molecule has 1 aromatic carbocycles. The van der Waals surface area contributed by atoms with Crippen molar-refractivity contribution in [2.45, 2.75) is 83.5 Å². The molecule has 4 rings (SSSR count). The largest absolute Gasteiger partial charge is 0.366 e. The minimum Gasteiger partial charge on any atom is -0.366 e. The zero-order chi connectivity index (χ0) is 28.5. The maximum absolute atomic E-state index is 13.9. The number of sulfone groups is 1. The van der Waals surface area contributed by atoms with Gasteiger partial charge in [0, 0.05) is 22.4 Å². The van der Waals surface area contributed by atoms with Crippen LogP contribution in [0.4, 0.5) is 0 Å². The molecule has 1 fully saturated rings. The highest BCUT2D eigenvalue weighted by Crippen LogP contribution is 2.34. The van der Waals surface area contributed by atoms with E-state index in [2.05, 4.69) is 36.1 Å². The first kappa shape index (κ1) is 29.7. The quantitative estimate of drug-likeness (QED) is 0.328. The molecule has 0 spiro atoms. The predicted molar refractivity (Wildman–Crippen MR) is 151 cm³/mol. The van der Waals surface area contributed by atoms with Crippen molar-refractivity contribution >= 4 is 25.8 Å². The average molecular weight is 623 g/mol. The van der Waals surface area contributed by atoms with E-state index in [1.54, 1.807) is 19.3 Å². The molecule has 212 valence electrons. The van der Waals surface area contributed by atoms with Crippen molar-refractivity contribution in [2.75, 3.05) is 13.2 Å². The van der Waals surface area contributed by atoms with Crippen LogP contribution in [0.2, 0.25) is 0 Å². The van der Waals surface area contributed by atoms with Gasteiger partial charge >= 0.3 is 0 Å². The third-order valence-corrected chi connectivity index (χ3v) is 9.27. The maximum atomic E-state index is 13.9. The number of halogens is 1. The van der Waals surface area contributed by atoms with Crippen molar-refractivity contribution in [1.82, 2.24) is 24.7 Å². The van der Waals surface area contributed by atoms with Gasteiger partial charge in [0.1, 0.15) is 17.7 Å². The van der Waals surface area contributed by atoms with Crippen LogP contribution in [0.1, 0.15) is 69.5 Å². The molecule has 12 heteroatoms. The molecule has 0 N–H and O–H groups in total. The normalized spacial score (nSPS) is 17.9. The highest BCUT2D eigenvalue weighted by Gasteiger charge is 2.38. The Bertz CT molecular complexity index is 1400. The smallest absolute Gasteiger partial charge is 0.165 e. The van der Waals surface area contributed by atoms with Gasteiger partial charge in [-0.15, -0.1) is 10.2 Å². The number of nitrogens with zero attached hydrogens (tertiary/aromatic N) is 5. The van der Waals surface area contributed by atoms with E-state index in [9.17, 15) is 8.42 Å². The van der Waals surface area contributed by atoms with Gasteiger partial charge in [0.05, 0.1) is 30.6 Å². The second-order valence-corrected chi connectivity index (χ2v) is 13.9. The topological polar surface area (TPSA) is 118 Å². The second-order valence-electron chi connectivity index (χ2n) is 10.7. The Balaban J connectivity index is 1.73. The van der Waals surface area contributed by atoms with Crippen LogP contribution in [-0.4, -0.2) is 63.5 Å². The molecule has 3 heterocycles. The minimum atomic E-state index is -3.81. The fourth-order valence-corrected chi connectivity index (χ4v) is 6.16. The summed E-state index contributed by atoms with van der Waals surface area (Å²) in [5.41, 5.74) is 2.72. The Morgan fingerprint density at radius 1 is 1.08 bits per heavy atom. The summed E-state index contributed by atoms with van der Waals surface area (Å²) in [5, 5.41) is 7.89. The first-order chi connectivity index (χ1) is 18.3. The van der Waals surface area contributed by atoms with E-state index in [0.29, 0.717) is 30.7 Å². The molecule has 10 nitrogen and oxygen atoms in total. The second kappa shape index (κ2) is 11.7. The van der Waals surface area contributed by atoms with Crippen LogP contribution in [0.15, 0.2) is 35.1 Å². The molecule has 2 atom stereocenters. The van der Waals surface area contributed by atoms with Crippen LogP contribution < -0.4 is 0 Å². The van der Waals surface area contributed by atoms with Gasteiger partial charge in [-0.1, -0.05) is 27.6 Å². The number of hydrogen-bond acceptors (Lipinski definition) is 9. The number of aryl methyl sites for hydroxylation is 2. The fourth-order valence-electron chi connectivity index (χ4n) is 4.36. The number of rotatable bonds is 9. The molecule has 39 heavy (non-hydrogen) atoms. The highest BCUT2D eigenvalue weighted by molar-refractivity contribution is 9.10. The summed E-state index contributed by atoms with van der Waals surface area (Å²) in [7, 11) is -3.81. The van der Waals surface area contributed by atoms with E-state index in [1.165, 1.54) is 0 Å². The highest BCUT2D eigenvalue weighted by atomic mass is 79.9. The van der Waals surface area contributed by atoms with Crippen LogP contribution in [0.25, 0.3) is 11.4 Å². The Morgan fingerprint density at radius 2 is 1.72 bits per heavy atom. The number of hydrogen-bond donors (Lipinski definition) is 0. The van der Waals surface area contributed by atoms with E-state index >= 15 is 0 Å². The van der Waals surface area contributed by atoms with E-state index in [4.69, 9.17) is 14.2 Å². The van der Waals surface area contributed by atoms with E-state index in [-0.39, 0.29) is 17.9 Å². The summed E-state index contributed by atoms with van der Waals surface area (Å²) in [6.07, 6.45) is 2.24. The molecule has 0 saturated carbocycles. The lowest BCUT2D eigenvalue weighted by Gasteiger charge is -2.36. The van der Waals surface area contributed by atoms with Crippen molar-refractivity contribution in [3.63, 3.8) is 0 Å². The molecule has 1 aliphatic heterocycles. The van der Waals surface area contributed by atoms with Crippen molar-refractivity contribution in [3.05, 3.63) is 57.8 Å². The minimum absolute atomic E-state index is 0.230. The van der Waals surface area contributed by atoms with E-state index in [1.807, 2.05) is 64.3 Å². The van der Waals surface area contributed by atoms with Crippen molar-refractivity contribution < 1.29 is 22.6 Å². The summed E-state index contributed by atoms with van der Waals surface area (Å²) in [4.78, 5) is 8.74. The van der Waals surface area contributed by atoms with Crippen LogP contribution in [0.3, 0.4) is 0 Å². The van der Waals surface area contributed by atoms with Gasteiger partial charge in [0.25, 0.3) is 0 Å². The lowest BCUT2D eigenvalue weighted by Crippen LogP contribution is -2.41. The lowest BCUT2D eigenvalue weighted by molar-refractivity contribution is -0.258. The maximum Gasteiger partial charge on any atom is 0.165 e. The Kier molecular flexibility index (Phi) is 8.92.